The van der Waals surface area contributed by atoms with Crippen LogP contribution < -0.4 is 15.5 Å². The second-order valence-electron chi connectivity index (χ2n) is 4.80. The molecule has 1 aromatic heterocycles. The van der Waals surface area contributed by atoms with Crippen LogP contribution in [0.4, 0.5) is 11.5 Å². The van der Waals surface area contributed by atoms with Crippen LogP contribution in [0, 0.1) is 0 Å². The van der Waals surface area contributed by atoms with Gasteiger partial charge in [-0.05, 0) is 31.5 Å². The lowest BCUT2D eigenvalue weighted by atomic mass is 10.1. The maximum Gasteiger partial charge on any atom is 0.151 e. The molecule has 1 aliphatic heterocycles. The molecule has 0 bridgehead atoms. The summed E-state index contributed by atoms with van der Waals surface area (Å²) in [5.41, 5.74) is 1.12. The number of hydrogen-bond donors (Lipinski definition) is 2. The van der Waals surface area contributed by atoms with Gasteiger partial charge in [-0.15, -0.1) is 0 Å². The van der Waals surface area contributed by atoms with E-state index in [4.69, 9.17) is 0 Å². The highest BCUT2D eigenvalue weighted by atomic mass is 15.2. The minimum atomic E-state index is 0.596. The van der Waals surface area contributed by atoms with E-state index >= 15 is 0 Å². The van der Waals surface area contributed by atoms with E-state index in [0.717, 1.165) is 24.6 Å². The smallest absolute Gasteiger partial charge is 0.151 e. The predicted molar refractivity (Wildman–Crippen MR) is 72.7 cm³/mol. The number of nitrogens with one attached hydrogen (secondary N) is 2. The molecule has 1 unspecified atom stereocenters. The molecule has 0 radical (unpaired) electrons. The van der Waals surface area contributed by atoms with Crippen molar-refractivity contribution in [2.75, 3.05) is 37.4 Å². The van der Waals surface area contributed by atoms with Gasteiger partial charge < -0.3 is 15.5 Å². The average molecular weight is 234 g/mol. The monoisotopic (exact) mass is 234 g/mol. The first-order valence-corrected chi connectivity index (χ1v) is 6.37. The summed E-state index contributed by atoms with van der Waals surface area (Å²) in [6.45, 7) is 2.13. The number of pyridine rings is 1. The zero-order chi connectivity index (χ0) is 12.1. The van der Waals surface area contributed by atoms with Gasteiger partial charge in [0.2, 0.25) is 0 Å². The Morgan fingerprint density at radius 3 is 3.06 bits per heavy atom. The van der Waals surface area contributed by atoms with Gasteiger partial charge in [-0.25, -0.2) is 4.98 Å². The quantitative estimate of drug-likeness (QED) is 0.832. The molecule has 1 fully saturated rings. The molecular formula is C13H22N4. The number of anilines is 2. The first-order chi connectivity index (χ1) is 8.27. The SMILES string of the molecule is CN(C)c1ncccc1NCC1CCCCN1. The van der Waals surface area contributed by atoms with Crippen LogP contribution in [-0.2, 0) is 0 Å². The molecule has 1 aromatic rings. The first kappa shape index (κ1) is 12.2. The molecule has 0 spiro atoms. The summed E-state index contributed by atoms with van der Waals surface area (Å²) in [7, 11) is 4.04. The average Bonchev–Trinajstić information content (AvgIpc) is 2.38. The topological polar surface area (TPSA) is 40.2 Å². The molecule has 94 valence electrons. The maximum atomic E-state index is 4.38. The Hall–Kier alpha value is -1.29. The molecule has 2 rings (SSSR count). The van der Waals surface area contributed by atoms with Gasteiger partial charge in [-0.1, -0.05) is 6.42 Å². The Morgan fingerprint density at radius 1 is 1.47 bits per heavy atom. The zero-order valence-electron chi connectivity index (χ0n) is 10.7. The number of aromatic nitrogens is 1. The molecule has 2 heterocycles. The Labute approximate surface area is 103 Å². The first-order valence-electron chi connectivity index (χ1n) is 6.37. The van der Waals surface area contributed by atoms with Crippen molar-refractivity contribution in [2.24, 2.45) is 0 Å². The van der Waals surface area contributed by atoms with E-state index in [1.54, 1.807) is 0 Å². The molecule has 2 N–H and O–H groups in total. The highest BCUT2D eigenvalue weighted by Crippen LogP contribution is 2.20. The molecule has 1 aliphatic rings. The lowest BCUT2D eigenvalue weighted by Gasteiger charge is -2.25. The third kappa shape index (κ3) is 3.33. The van der Waals surface area contributed by atoms with E-state index in [-0.39, 0.29) is 0 Å². The second kappa shape index (κ2) is 5.87. The zero-order valence-corrected chi connectivity index (χ0v) is 10.7. The summed E-state index contributed by atoms with van der Waals surface area (Å²) in [6.07, 6.45) is 5.75. The summed E-state index contributed by atoms with van der Waals surface area (Å²) in [5.74, 6) is 1.00. The third-order valence-corrected chi connectivity index (χ3v) is 3.16. The molecule has 1 saturated heterocycles. The summed E-state index contributed by atoms with van der Waals surface area (Å²) in [5, 5.41) is 7.04. The number of piperidine rings is 1. The van der Waals surface area contributed by atoms with Crippen LogP contribution in [-0.4, -0.2) is 38.2 Å². The number of nitrogens with zero attached hydrogens (tertiary/aromatic N) is 2. The van der Waals surface area contributed by atoms with Gasteiger partial charge in [0.15, 0.2) is 5.82 Å². The van der Waals surface area contributed by atoms with Crippen molar-refractivity contribution < 1.29 is 0 Å². The van der Waals surface area contributed by atoms with E-state index in [1.807, 2.05) is 31.3 Å². The maximum absolute atomic E-state index is 4.38. The fourth-order valence-corrected chi connectivity index (χ4v) is 2.22. The van der Waals surface area contributed by atoms with Gasteiger partial charge in [0, 0.05) is 32.9 Å². The van der Waals surface area contributed by atoms with Crippen molar-refractivity contribution in [2.45, 2.75) is 25.3 Å². The Bertz CT molecular complexity index is 345. The summed E-state index contributed by atoms with van der Waals surface area (Å²) in [4.78, 5) is 6.42. The predicted octanol–water partition coefficient (Wildman–Crippen LogP) is 1.70. The van der Waals surface area contributed by atoms with Crippen LogP contribution in [0.3, 0.4) is 0 Å². The molecule has 0 aliphatic carbocycles. The van der Waals surface area contributed by atoms with Crippen LogP contribution in [0.1, 0.15) is 19.3 Å². The van der Waals surface area contributed by atoms with Gasteiger partial charge in [-0.3, -0.25) is 0 Å². The minimum Gasteiger partial charge on any atom is -0.380 e. The van der Waals surface area contributed by atoms with Crippen LogP contribution in [0.2, 0.25) is 0 Å². The van der Waals surface area contributed by atoms with Crippen molar-refractivity contribution in [1.82, 2.24) is 10.3 Å². The molecule has 0 saturated carbocycles. The standard InChI is InChI=1S/C13H22N4/c1-17(2)13-12(7-5-9-15-13)16-10-11-6-3-4-8-14-11/h5,7,9,11,14,16H,3-4,6,8,10H2,1-2H3. The van der Waals surface area contributed by atoms with Gasteiger partial charge in [0.25, 0.3) is 0 Å². The molecule has 0 aromatic carbocycles. The summed E-state index contributed by atoms with van der Waals surface area (Å²) >= 11 is 0. The van der Waals surface area contributed by atoms with Crippen molar-refractivity contribution in [3.05, 3.63) is 18.3 Å². The van der Waals surface area contributed by atoms with E-state index in [1.165, 1.54) is 19.3 Å². The largest absolute Gasteiger partial charge is 0.380 e. The second-order valence-corrected chi connectivity index (χ2v) is 4.80. The van der Waals surface area contributed by atoms with E-state index < -0.39 is 0 Å². The number of rotatable bonds is 4. The fraction of sp³-hybridized carbons (Fsp3) is 0.615. The normalized spacial score (nSPS) is 20.0. The van der Waals surface area contributed by atoms with Crippen molar-refractivity contribution >= 4 is 11.5 Å². The molecule has 1 atom stereocenters. The van der Waals surface area contributed by atoms with Crippen molar-refractivity contribution in [1.29, 1.82) is 0 Å². The Kier molecular flexibility index (Phi) is 4.20. The minimum absolute atomic E-state index is 0.596. The van der Waals surface area contributed by atoms with Crippen LogP contribution in [0.15, 0.2) is 18.3 Å². The van der Waals surface area contributed by atoms with Crippen LogP contribution >= 0.6 is 0 Å². The molecule has 4 nitrogen and oxygen atoms in total. The Balaban J connectivity index is 1.93. The fourth-order valence-electron chi connectivity index (χ4n) is 2.22. The van der Waals surface area contributed by atoms with Gasteiger partial charge in [0.1, 0.15) is 0 Å². The molecule has 4 heteroatoms. The van der Waals surface area contributed by atoms with Crippen molar-refractivity contribution in [3.8, 4) is 0 Å². The lowest BCUT2D eigenvalue weighted by molar-refractivity contribution is 0.414. The third-order valence-electron chi connectivity index (χ3n) is 3.16. The van der Waals surface area contributed by atoms with Crippen LogP contribution in [0.5, 0.6) is 0 Å². The lowest BCUT2D eigenvalue weighted by Crippen LogP contribution is -2.39. The van der Waals surface area contributed by atoms with Gasteiger partial charge >= 0.3 is 0 Å². The van der Waals surface area contributed by atoms with Crippen LogP contribution in [0.25, 0.3) is 0 Å². The van der Waals surface area contributed by atoms with E-state index in [2.05, 4.69) is 21.7 Å². The van der Waals surface area contributed by atoms with Gasteiger partial charge in [0.05, 0.1) is 5.69 Å². The highest BCUT2D eigenvalue weighted by Gasteiger charge is 2.13. The van der Waals surface area contributed by atoms with Crippen molar-refractivity contribution in [3.63, 3.8) is 0 Å². The van der Waals surface area contributed by atoms with E-state index in [0.29, 0.717) is 6.04 Å². The van der Waals surface area contributed by atoms with Gasteiger partial charge in [-0.2, -0.15) is 0 Å². The summed E-state index contributed by atoms with van der Waals surface area (Å²) < 4.78 is 0. The molecule has 17 heavy (non-hydrogen) atoms. The van der Waals surface area contributed by atoms with E-state index in [9.17, 15) is 0 Å². The molecule has 0 amide bonds. The highest BCUT2D eigenvalue weighted by molar-refractivity contribution is 5.64. The molecular weight excluding hydrogens is 212 g/mol. The Morgan fingerprint density at radius 2 is 2.35 bits per heavy atom. The summed E-state index contributed by atoms with van der Waals surface area (Å²) in [6, 6.07) is 4.66. The number of hydrogen-bond acceptors (Lipinski definition) is 4.